The average molecular weight is 931 g/mol. The van der Waals surface area contributed by atoms with E-state index < -0.39 is 0 Å². The van der Waals surface area contributed by atoms with Crippen LogP contribution in [0.3, 0.4) is 0 Å². The molecule has 67 heavy (non-hydrogen) atoms. The number of hydrogen-bond donors (Lipinski definition) is 3. The van der Waals surface area contributed by atoms with Gasteiger partial charge in [0, 0.05) is 47.9 Å². The van der Waals surface area contributed by atoms with Crippen LogP contribution >= 0.6 is 0 Å². The van der Waals surface area contributed by atoms with Gasteiger partial charge in [-0.1, -0.05) is 202 Å². The summed E-state index contributed by atoms with van der Waals surface area (Å²) < 4.78 is 1.95. The predicted molar refractivity (Wildman–Crippen MR) is 287 cm³/mol. The standard InChI is InChI=1S/C17H27NO.C16H25NO.C13H27NO.C12H23N3/c1-16(2,3)11-13-8-7-9-14(10-13)15(19)18-12-17(4,5)6;1-15(2,3)11-12-7-9-13(10-8-12)17-14(18)16(4,5)6;1-12(2,3)9-7-8-10-14-11(15)13(4,5)6;1-11(2,3)7-10-8-15(14-13-10)9-12(4,5)6/h7-10H,11-12H2,1-6H3,(H,18,19);7-10H,11H2,1-6H3,(H,17,18);7-10H2,1-6H3,(H,14,15);8H,7,9H2,1-6H3. The largest absolute Gasteiger partial charge is 0.356 e. The van der Waals surface area contributed by atoms with Crippen LogP contribution in [0.1, 0.15) is 213 Å². The van der Waals surface area contributed by atoms with Crippen molar-refractivity contribution in [1.82, 2.24) is 25.6 Å². The second-order valence-corrected chi connectivity index (χ2v) is 28.0. The SMILES string of the molecule is CC(C)(C)CCCCNC(=O)C(C)(C)C.CC(C)(C)CNC(=O)c1cccc(CC(C)(C)C)c1.CC(C)(C)Cc1ccc(NC(=O)C(C)(C)C)cc1.CC(C)(C)Cc1cn(CC(C)(C)C)nn1. The Bertz CT molecular complexity index is 1870. The van der Waals surface area contributed by atoms with E-state index >= 15 is 0 Å². The van der Waals surface area contributed by atoms with Crippen LogP contribution in [0.2, 0.25) is 0 Å². The van der Waals surface area contributed by atoms with Gasteiger partial charge in [-0.05, 0) is 100.0 Å². The molecule has 3 rings (SSSR count). The van der Waals surface area contributed by atoms with Gasteiger partial charge in [0.05, 0.1) is 5.69 Å². The molecule has 3 aromatic rings. The summed E-state index contributed by atoms with van der Waals surface area (Å²) >= 11 is 0. The monoisotopic (exact) mass is 931 g/mol. The van der Waals surface area contributed by atoms with Gasteiger partial charge < -0.3 is 16.0 Å². The number of nitrogens with zero attached hydrogens (tertiary/aromatic N) is 3. The van der Waals surface area contributed by atoms with Crippen LogP contribution in [0.5, 0.6) is 0 Å². The Labute approximate surface area is 412 Å². The van der Waals surface area contributed by atoms with Gasteiger partial charge in [-0.2, -0.15) is 0 Å². The zero-order valence-electron chi connectivity index (χ0n) is 47.6. The lowest BCUT2D eigenvalue weighted by Crippen LogP contribution is -2.35. The van der Waals surface area contributed by atoms with Gasteiger partial charge in [0.15, 0.2) is 0 Å². The van der Waals surface area contributed by atoms with Crippen molar-refractivity contribution in [2.45, 2.75) is 211 Å². The highest BCUT2D eigenvalue weighted by Crippen LogP contribution is 2.25. The van der Waals surface area contributed by atoms with Gasteiger partial charge in [0.25, 0.3) is 5.91 Å². The molecule has 0 aliphatic heterocycles. The maximum atomic E-state index is 12.1. The number of nitrogens with one attached hydrogen (secondary N) is 3. The van der Waals surface area contributed by atoms with Crippen molar-refractivity contribution in [3.8, 4) is 0 Å². The smallest absolute Gasteiger partial charge is 0.251 e. The van der Waals surface area contributed by atoms with E-state index in [2.05, 4.69) is 175 Å². The Morgan fingerprint density at radius 1 is 0.522 bits per heavy atom. The number of carbonyl (C=O) groups excluding carboxylic acids is 3. The third-order valence-corrected chi connectivity index (χ3v) is 9.58. The van der Waals surface area contributed by atoms with Crippen molar-refractivity contribution >= 4 is 23.4 Å². The van der Waals surface area contributed by atoms with E-state index in [1.165, 1.54) is 24.0 Å². The minimum atomic E-state index is -0.357. The molecular formula is C58H102N6O3. The van der Waals surface area contributed by atoms with Crippen LogP contribution in [0, 0.1) is 43.3 Å². The quantitative estimate of drug-likeness (QED) is 0.166. The highest BCUT2D eigenvalue weighted by molar-refractivity contribution is 5.95. The van der Waals surface area contributed by atoms with E-state index in [9.17, 15) is 14.4 Å². The fourth-order valence-corrected chi connectivity index (χ4v) is 6.29. The van der Waals surface area contributed by atoms with Gasteiger partial charge in [0.2, 0.25) is 11.8 Å². The predicted octanol–water partition coefficient (Wildman–Crippen LogP) is 14.6. The van der Waals surface area contributed by atoms with E-state index in [0.717, 1.165) is 55.7 Å². The molecule has 0 bridgehead atoms. The number of unbranched alkanes of at least 4 members (excludes halogenated alkanes) is 1. The van der Waals surface area contributed by atoms with Gasteiger partial charge in [-0.3, -0.25) is 19.1 Å². The molecule has 0 radical (unpaired) electrons. The summed E-state index contributed by atoms with van der Waals surface area (Å²) in [6.45, 7) is 53.7. The normalized spacial score (nSPS) is 12.6. The van der Waals surface area contributed by atoms with Crippen LogP contribution in [0.15, 0.2) is 54.7 Å². The van der Waals surface area contributed by atoms with E-state index in [1.54, 1.807) is 0 Å². The van der Waals surface area contributed by atoms with Crippen LogP contribution in [0.25, 0.3) is 0 Å². The lowest BCUT2D eigenvalue weighted by Gasteiger charge is -2.20. The maximum absolute atomic E-state index is 12.1. The zero-order chi connectivity index (χ0) is 52.5. The summed E-state index contributed by atoms with van der Waals surface area (Å²) in [7, 11) is 0. The second kappa shape index (κ2) is 26.1. The molecule has 0 atom stereocenters. The first-order valence-electron chi connectivity index (χ1n) is 24.9. The van der Waals surface area contributed by atoms with Gasteiger partial charge in [-0.25, -0.2) is 0 Å². The molecule has 0 saturated carbocycles. The van der Waals surface area contributed by atoms with Crippen LogP contribution in [0.4, 0.5) is 5.69 Å². The Morgan fingerprint density at radius 3 is 1.48 bits per heavy atom. The van der Waals surface area contributed by atoms with E-state index in [4.69, 9.17) is 0 Å². The first kappa shape index (κ1) is 63.0. The molecular weight excluding hydrogens is 829 g/mol. The third-order valence-electron chi connectivity index (χ3n) is 9.58. The van der Waals surface area contributed by atoms with Crippen molar-refractivity contribution < 1.29 is 14.4 Å². The molecule has 2 aromatic carbocycles. The average Bonchev–Trinajstić information content (AvgIpc) is 3.52. The highest BCUT2D eigenvalue weighted by Gasteiger charge is 2.22. The Hall–Kier alpha value is -4.01. The Kier molecular flexibility index (Phi) is 24.5. The zero-order valence-corrected chi connectivity index (χ0v) is 47.6. The molecule has 0 aliphatic rings. The fourth-order valence-electron chi connectivity index (χ4n) is 6.29. The molecule has 1 heterocycles. The molecule has 0 aliphatic carbocycles. The number of anilines is 1. The number of benzene rings is 2. The lowest BCUT2D eigenvalue weighted by atomic mass is 9.87. The van der Waals surface area contributed by atoms with Gasteiger partial charge in [0.1, 0.15) is 0 Å². The van der Waals surface area contributed by atoms with Gasteiger partial charge in [-0.15, -0.1) is 5.10 Å². The number of amides is 3. The Balaban J connectivity index is 0.000000872. The summed E-state index contributed by atoms with van der Waals surface area (Å²) in [6, 6.07) is 16.1. The van der Waals surface area contributed by atoms with Crippen LogP contribution in [-0.2, 0) is 35.4 Å². The number of carbonyl (C=O) groups is 3. The molecule has 9 nitrogen and oxygen atoms in total. The Morgan fingerprint density at radius 2 is 1.03 bits per heavy atom. The van der Waals surface area contributed by atoms with E-state index in [0.29, 0.717) is 12.0 Å². The molecule has 9 heteroatoms. The first-order valence-corrected chi connectivity index (χ1v) is 24.9. The van der Waals surface area contributed by atoms with Crippen LogP contribution < -0.4 is 16.0 Å². The molecule has 1 aromatic heterocycles. The van der Waals surface area contributed by atoms with Crippen molar-refractivity contribution in [1.29, 1.82) is 0 Å². The number of hydrogen-bond acceptors (Lipinski definition) is 5. The lowest BCUT2D eigenvalue weighted by molar-refractivity contribution is -0.128. The molecule has 0 spiro atoms. The summed E-state index contributed by atoms with van der Waals surface area (Å²) in [5.74, 6) is 0.218. The van der Waals surface area contributed by atoms with E-state index in [1.807, 2.05) is 76.6 Å². The van der Waals surface area contributed by atoms with Crippen LogP contribution in [-0.4, -0.2) is 45.8 Å². The van der Waals surface area contributed by atoms with E-state index in [-0.39, 0.29) is 55.6 Å². The topological polar surface area (TPSA) is 118 Å². The number of rotatable bonds is 11. The van der Waals surface area contributed by atoms with Gasteiger partial charge >= 0.3 is 0 Å². The summed E-state index contributed by atoms with van der Waals surface area (Å²) in [6.07, 6.45) is 8.56. The highest BCUT2D eigenvalue weighted by atomic mass is 16.2. The molecule has 3 amide bonds. The molecule has 382 valence electrons. The summed E-state index contributed by atoms with van der Waals surface area (Å²) in [5, 5.41) is 17.2. The molecule has 3 N–H and O–H groups in total. The summed E-state index contributed by atoms with van der Waals surface area (Å²) in [4.78, 5) is 35.4. The second-order valence-electron chi connectivity index (χ2n) is 28.0. The van der Waals surface area contributed by atoms with Crippen molar-refractivity contribution in [2.75, 3.05) is 18.4 Å². The van der Waals surface area contributed by atoms with Crippen molar-refractivity contribution in [2.24, 2.45) is 43.3 Å². The minimum absolute atomic E-state index is 0.0192. The minimum Gasteiger partial charge on any atom is -0.356 e. The third kappa shape index (κ3) is 34.9. The number of aromatic nitrogens is 3. The first-order chi connectivity index (χ1) is 29.9. The van der Waals surface area contributed by atoms with Crippen molar-refractivity contribution in [3.05, 3.63) is 77.1 Å². The maximum Gasteiger partial charge on any atom is 0.251 e. The summed E-state index contributed by atoms with van der Waals surface area (Å²) in [5.41, 5.74) is 6.20. The fraction of sp³-hybridized carbons (Fsp3) is 0.707. The molecule has 0 saturated heterocycles. The molecule has 0 fully saturated rings. The molecule has 0 unspecified atom stereocenters. The van der Waals surface area contributed by atoms with Crippen molar-refractivity contribution in [3.63, 3.8) is 0 Å².